The first-order valence-electron chi connectivity index (χ1n) is 7.14. The Morgan fingerprint density at radius 1 is 1.35 bits per heavy atom. The van der Waals surface area contributed by atoms with Crippen LogP contribution in [-0.2, 0) is 20.6 Å². The molecule has 1 amide bonds. The number of nitrogens with two attached hydrogens (primary N) is 1. The summed E-state index contributed by atoms with van der Waals surface area (Å²) in [4.78, 5) is 15.6. The van der Waals surface area contributed by atoms with Crippen LogP contribution in [0.1, 0.15) is 12.0 Å². The van der Waals surface area contributed by atoms with Gasteiger partial charge < -0.3 is 5.73 Å². The van der Waals surface area contributed by atoms with Crippen molar-refractivity contribution in [1.82, 2.24) is 9.29 Å². The van der Waals surface area contributed by atoms with E-state index in [0.717, 1.165) is 9.69 Å². The SMILES string of the molecule is NC(=O)[C@@H]1C[C@@H](F)CN1S(=O)(=O)Cc1cccc2cccnc12. The standard InChI is InChI=1S/C15H16FN3O3S/c16-12-7-13(15(17)20)19(8-12)23(21,22)9-11-4-1-3-10-5-2-6-18-14(10)11/h1-6,12-13H,7-9H2,(H2,17,20)/t12-,13+/m1/s1. The zero-order chi connectivity index (χ0) is 16.6. The van der Waals surface area contributed by atoms with E-state index in [4.69, 9.17) is 5.73 Å². The van der Waals surface area contributed by atoms with Gasteiger partial charge in [-0.25, -0.2) is 12.8 Å². The van der Waals surface area contributed by atoms with Crippen LogP contribution in [0.5, 0.6) is 0 Å². The fourth-order valence-electron chi connectivity index (χ4n) is 2.89. The highest BCUT2D eigenvalue weighted by molar-refractivity contribution is 7.88. The van der Waals surface area contributed by atoms with Gasteiger partial charge in [0, 0.05) is 24.5 Å². The van der Waals surface area contributed by atoms with E-state index in [1.807, 2.05) is 12.1 Å². The molecule has 1 aliphatic rings. The second-order valence-corrected chi connectivity index (χ2v) is 7.49. The summed E-state index contributed by atoms with van der Waals surface area (Å²) >= 11 is 0. The number of fused-ring (bicyclic) bond motifs is 1. The van der Waals surface area contributed by atoms with Gasteiger partial charge in [-0.05, 0) is 11.6 Å². The van der Waals surface area contributed by atoms with E-state index in [1.54, 1.807) is 24.4 Å². The lowest BCUT2D eigenvalue weighted by Crippen LogP contribution is -2.44. The number of aromatic nitrogens is 1. The molecule has 0 saturated carbocycles. The number of halogens is 1. The number of carbonyl (C=O) groups excluding carboxylic acids is 1. The summed E-state index contributed by atoms with van der Waals surface area (Å²) in [5.74, 6) is -1.18. The second kappa shape index (κ2) is 5.86. The smallest absolute Gasteiger partial charge is 0.235 e. The van der Waals surface area contributed by atoms with E-state index in [-0.39, 0.29) is 18.7 Å². The van der Waals surface area contributed by atoms with Gasteiger partial charge in [-0.2, -0.15) is 4.31 Å². The van der Waals surface area contributed by atoms with Crippen LogP contribution in [0.2, 0.25) is 0 Å². The molecule has 2 aromatic rings. The van der Waals surface area contributed by atoms with Gasteiger partial charge in [-0.15, -0.1) is 0 Å². The molecule has 0 bridgehead atoms. The normalized spacial score (nSPS) is 22.5. The first-order chi connectivity index (χ1) is 10.9. The van der Waals surface area contributed by atoms with Gasteiger partial charge in [0.1, 0.15) is 12.2 Å². The minimum Gasteiger partial charge on any atom is -0.368 e. The van der Waals surface area contributed by atoms with E-state index >= 15 is 0 Å². The molecule has 2 atom stereocenters. The fraction of sp³-hybridized carbons (Fsp3) is 0.333. The zero-order valence-electron chi connectivity index (χ0n) is 12.2. The Morgan fingerprint density at radius 2 is 2.09 bits per heavy atom. The molecule has 2 N–H and O–H groups in total. The summed E-state index contributed by atoms with van der Waals surface area (Å²) in [5.41, 5.74) is 6.29. The minimum atomic E-state index is -3.88. The van der Waals surface area contributed by atoms with Crippen molar-refractivity contribution in [3.05, 3.63) is 42.1 Å². The highest BCUT2D eigenvalue weighted by atomic mass is 32.2. The lowest BCUT2D eigenvalue weighted by Gasteiger charge is -2.21. The van der Waals surface area contributed by atoms with Gasteiger partial charge >= 0.3 is 0 Å². The number of sulfonamides is 1. The monoisotopic (exact) mass is 337 g/mol. The molecule has 0 aliphatic carbocycles. The number of alkyl halides is 1. The Labute approximate surface area is 133 Å². The van der Waals surface area contributed by atoms with Crippen LogP contribution in [0.15, 0.2) is 36.5 Å². The molecule has 0 unspecified atom stereocenters. The quantitative estimate of drug-likeness (QED) is 0.899. The van der Waals surface area contributed by atoms with Crippen LogP contribution in [-0.4, -0.2) is 42.4 Å². The van der Waals surface area contributed by atoms with E-state index < -0.39 is 28.1 Å². The maximum Gasteiger partial charge on any atom is 0.235 e. The molecule has 0 radical (unpaired) electrons. The van der Waals surface area contributed by atoms with Crippen LogP contribution in [0, 0.1) is 0 Å². The number of carbonyl (C=O) groups is 1. The Balaban J connectivity index is 1.96. The number of primary amides is 1. The second-order valence-electron chi connectivity index (χ2n) is 5.57. The van der Waals surface area contributed by atoms with Crippen molar-refractivity contribution in [2.24, 2.45) is 5.73 Å². The average Bonchev–Trinajstić information content (AvgIpc) is 2.91. The topological polar surface area (TPSA) is 93.4 Å². The molecule has 1 aromatic heterocycles. The minimum absolute atomic E-state index is 0.192. The summed E-state index contributed by atoms with van der Waals surface area (Å²) in [6, 6.07) is 7.70. The molecular weight excluding hydrogens is 321 g/mol. The van der Waals surface area contributed by atoms with E-state index in [0.29, 0.717) is 11.1 Å². The third-order valence-electron chi connectivity index (χ3n) is 3.94. The maximum absolute atomic E-state index is 13.6. The number of rotatable bonds is 4. The predicted octanol–water partition coefficient (Wildman–Crippen LogP) is 0.962. The van der Waals surface area contributed by atoms with Crippen LogP contribution in [0.3, 0.4) is 0 Å². The summed E-state index contributed by atoms with van der Waals surface area (Å²) in [6.45, 7) is -0.339. The zero-order valence-corrected chi connectivity index (χ0v) is 13.0. The first kappa shape index (κ1) is 15.8. The Hall–Kier alpha value is -2.06. The molecule has 1 saturated heterocycles. The molecule has 1 aromatic carbocycles. The molecule has 2 heterocycles. The lowest BCUT2D eigenvalue weighted by atomic mass is 10.1. The van der Waals surface area contributed by atoms with Crippen molar-refractivity contribution in [1.29, 1.82) is 0 Å². The van der Waals surface area contributed by atoms with E-state index in [2.05, 4.69) is 4.98 Å². The third kappa shape index (κ3) is 3.04. The summed E-state index contributed by atoms with van der Waals surface area (Å²) < 4.78 is 39.7. The first-order valence-corrected chi connectivity index (χ1v) is 8.75. The average molecular weight is 337 g/mol. The molecular formula is C15H16FN3O3S. The summed E-state index contributed by atoms with van der Waals surface area (Å²) in [7, 11) is -3.88. The number of benzene rings is 1. The number of pyridine rings is 1. The predicted molar refractivity (Wildman–Crippen MR) is 83.6 cm³/mol. The van der Waals surface area contributed by atoms with Gasteiger partial charge in [0.15, 0.2) is 0 Å². The summed E-state index contributed by atoms with van der Waals surface area (Å²) in [6.07, 6.45) is 0.00779. The van der Waals surface area contributed by atoms with Crippen molar-refractivity contribution < 1.29 is 17.6 Å². The molecule has 1 aliphatic heterocycles. The number of amides is 1. The number of hydrogen-bond donors (Lipinski definition) is 1. The molecule has 8 heteroatoms. The summed E-state index contributed by atoms with van der Waals surface area (Å²) in [5, 5.41) is 0.816. The van der Waals surface area contributed by atoms with Crippen molar-refractivity contribution in [2.75, 3.05) is 6.54 Å². The largest absolute Gasteiger partial charge is 0.368 e. The highest BCUT2D eigenvalue weighted by Crippen LogP contribution is 2.27. The Morgan fingerprint density at radius 3 is 2.83 bits per heavy atom. The van der Waals surface area contributed by atoms with Crippen LogP contribution in [0.4, 0.5) is 4.39 Å². The van der Waals surface area contributed by atoms with Gasteiger partial charge in [-0.1, -0.05) is 24.3 Å². The van der Waals surface area contributed by atoms with Gasteiger partial charge in [-0.3, -0.25) is 9.78 Å². The van der Waals surface area contributed by atoms with E-state index in [9.17, 15) is 17.6 Å². The Kier molecular flexibility index (Phi) is 4.03. The van der Waals surface area contributed by atoms with Gasteiger partial charge in [0.2, 0.25) is 15.9 Å². The highest BCUT2D eigenvalue weighted by Gasteiger charge is 2.42. The van der Waals surface area contributed by atoms with Crippen molar-refractivity contribution >= 4 is 26.8 Å². The molecule has 3 rings (SSSR count). The molecule has 0 spiro atoms. The van der Waals surface area contributed by atoms with Crippen molar-refractivity contribution in [3.8, 4) is 0 Å². The van der Waals surface area contributed by atoms with Gasteiger partial charge in [0.25, 0.3) is 0 Å². The molecule has 23 heavy (non-hydrogen) atoms. The number of hydrogen-bond acceptors (Lipinski definition) is 4. The molecule has 122 valence electrons. The molecule has 6 nitrogen and oxygen atoms in total. The number of para-hydroxylation sites is 1. The number of nitrogens with zero attached hydrogens (tertiary/aromatic N) is 2. The fourth-order valence-corrected chi connectivity index (χ4v) is 4.64. The van der Waals surface area contributed by atoms with Crippen LogP contribution < -0.4 is 5.73 Å². The van der Waals surface area contributed by atoms with Crippen LogP contribution in [0.25, 0.3) is 10.9 Å². The molecule has 1 fully saturated rings. The van der Waals surface area contributed by atoms with Gasteiger partial charge in [0.05, 0.1) is 11.3 Å². The third-order valence-corrected chi connectivity index (χ3v) is 5.74. The lowest BCUT2D eigenvalue weighted by molar-refractivity contribution is -0.121. The Bertz CT molecular complexity index is 851. The maximum atomic E-state index is 13.6. The van der Waals surface area contributed by atoms with E-state index in [1.165, 1.54) is 0 Å². The van der Waals surface area contributed by atoms with Crippen LogP contribution >= 0.6 is 0 Å². The van der Waals surface area contributed by atoms with Crippen molar-refractivity contribution in [3.63, 3.8) is 0 Å². The van der Waals surface area contributed by atoms with Crippen molar-refractivity contribution in [2.45, 2.75) is 24.4 Å².